The number of nitrogens with zero attached hydrogens (tertiary/aromatic N) is 1. The minimum atomic E-state index is -0.576. The van der Waals surface area contributed by atoms with E-state index in [2.05, 4.69) is 5.32 Å². The van der Waals surface area contributed by atoms with Gasteiger partial charge in [-0.3, -0.25) is 14.4 Å². The van der Waals surface area contributed by atoms with Crippen LogP contribution in [-0.4, -0.2) is 17.7 Å². The Morgan fingerprint density at radius 3 is 2.07 bits per heavy atom. The first kappa shape index (κ1) is 20.4. The maximum absolute atomic E-state index is 13.0. The van der Waals surface area contributed by atoms with Crippen molar-refractivity contribution < 1.29 is 14.4 Å². The number of benzene rings is 3. The fourth-order valence-corrected chi connectivity index (χ4v) is 3.75. The van der Waals surface area contributed by atoms with E-state index < -0.39 is 17.7 Å². The van der Waals surface area contributed by atoms with Crippen LogP contribution in [-0.2, 0) is 0 Å². The number of anilines is 2. The van der Waals surface area contributed by atoms with E-state index in [1.807, 2.05) is 0 Å². The van der Waals surface area contributed by atoms with Crippen LogP contribution in [0.3, 0.4) is 0 Å². The molecule has 3 aromatic rings. The van der Waals surface area contributed by atoms with Crippen molar-refractivity contribution >= 4 is 63.9 Å². The third-order valence-corrected chi connectivity index (χ3v) is 5.96. The lowest BCUT2D eigenvalue weighted by Crippen LogP contribution is -2.31. The number of para-hydroxylation sites is 1. The molecule has 1 aliphatic heterocycles. The third kappa shape index (κ3) is 3.35. The topological polar surface area (TPSA) is 66.5 Å². The van der Waals surface area contributed by atoms with Crippen LogP contribution in [0.25, 0.3) is 0 Å². The number of hydrogen-bond donors (Lipinski definition) is 1. The highest BCUT2D eigenvalue weighted by atomic mass is 35.5. The molecule has 0 saturated heterocycles. The fourth-order valence-electron chi connectivity index (χ4n) is 3.25. The van der Waals surface area contributed by atoms with Crippen molar-refractivity contribution in [1.82, 2.24) is 0 Å². The van der Waals surface area contributed by atoms with Crippen LogP contribution >= 0.6 is 34.8 Å². The summed E-state index contributed by atoms with van der Waals surface area (Å²) >= 11 is 18.1. The zero-order valence-corrected chi connectivity index (χ0v) is 17.8. The van der Waals surface area contributed by atoms with Crippen molar-refractivity contribution in [2.75, 3.05) is 10.2 Å². The van der Waals surface area contributed by atoms with Gasteiger partial charge in [0.2, 0.25) is 0 Å². The van der Waals surface area contributed by atoms with Crippen LogP contribution in [0.15, 0.2) is 54.6 Å². The second kappa shape index (κ2) is 7.76. The molecule has 0 aliphatic carbocycles. The quantitative estimate of drug-likeness (QED) is 0.488. The molecule has 1 N–H and O–H groups in total. The lowest BCUT2D eigenvalue weighted by Gasteiger charge is -2.18. The SMILES string of the molecule is Cc1c(Cl)cccc1NC(=O)c1ccccc1N1C(=O)c2cc(Cl)c(Cl)cc2C1=O. The summed E-state index contributed by atoms with van der Waals surface area (Å²) in [4.78, 5) is 39.9. The molecule has 0 atom stereocenters. The van der Waals surface area contributed by atoms with Crippen molar-refractivity contribution in [3.05, 3.63) is 91.9 Å². The zero-order chi connectivity index (χ0) is 21.6. The van der Waals surface area contributed by atoms with Crippen LogP contribution in [0, 0.1) is 6.92 Å². The molecule has 1 heterocycles. The molecule has 3 amide bonds. The van der Waals surface area contributed by atoms with Gasteiger partial charge in [0.1, 0.15) is 0 Å². The molecule has 0 saturated carbocycles. The van der Waals surface area contributed by atoms with E-state index in [4.69, 9.17) is 34.8 Å². The molecule has 8 heteroatoms. The Hall–Kier alpha value is -2.86. The molecule has 0 spiro atoms. The van der Waals surface area contributed by atoms with Crippen LogP contribution in [0.1, 0.15) is 36.6 Å². The molecule has 1 aliphatic rings. The molecule has 4 rings (SSSR count). The second-order valence-corrected chi connectivity index (χ2v) is 7.86. The first-order valence-corrected chi connectivity index (χ1v) is 9.96. The second-order valence-electron chi connectivity index (χ2n) is 6.64. The summed E-state index contributed by atoms with van der Waals surface area (Å²) in [5.41, 5.74) is 1.82. The average molecular weight is 460 g/mol. The molecular formula is C22H13Cl3N2O3. The summed E-state index contributed by atoms with van der Waals surface area (Å²) in [7, 11) is 0. The van der Waals surface area contributed by atoms with Crippen molar-refractivity contribution in [3.8, 4) is 0 Å². The highest BCUT2D eigenvalue weighted by Gasteiger charge is 2.39. The molecule has 0 fully saturated rings. The van der Waals surface area contributed by atoms with E-state index in [0.29, 0.717) is 16.3 Å². The molecule has 30 heavy (non-hydrogen) atoms. The van der Waals surface area contributed by atoms with Gasteiger partial charge in [0.15, 0.2) is 0 Å². The first-order valence-electron chi connectivity index (χ1n) is 8.83. The maximum Gasteiger partial charge on any atom is 0.266 e. The lowest BCUT2D eigenvalue weighted by atomic mass is 10.1. The zero-order valence-electron chi connectivity index (χ0n) is 15.5. The number of fused-ring (bicyclic) bond motifs is 1. The van der Waals surface area contributed by atoms with Gasteiger partial charge in [-0.1, -0.05) is 53.0 Å². The summed E-state index contributed by atoms with van der Waals surface area (Å²) in [6, 6.07) is 14.2. The van der Waals surface area contributed by atoms with E-state index in [9.17, 15) is 14.4 Å². The fraction of sp³-hybridized carbons (Fsp3) is 0.0455. The van der Waals surface area contributed by atoms with E-state index in [1.165, 1.54) is 24.3 Å². The van der Waals surface area contributed by atoms with E-state index >= 15 is 0 Å². The predicted octanol–water partition coefficient (Wildman–Crippen LogP) is 6.01. The summed E-state index contributed by atoms with van der Waals surface area (Å²) in [6.45, 7) is 1.78. The Labute approximate surface area is 187 Å². The van der Waals surface area contributed by atoms with Gasteiger partial charge < -0.3 is 5.32 Å². The van der Waals surface area contributed by atoms with Gasteiger partial charge in [-0.2, -0.15) is 0 Å². The lowest BCUT2D eigenvalue weighted by molar-refractivity contribution is 0.0926. The van der Waals surface area contributed by atoms with Gasteiger partial charge in [-0.05, 0) is 48.9 Å². The van der Waals surface area contributed by atoms with Crippen LogP contribution in [0.2, 0.25) is 15.1 Å². The van der Waals surface area contributed by atoms with Crippen LogP contribution < -0.4 is 10.2 Å². The maximum atomic E-state index is 13.0. The van der Waals surface area contributed by atoms with Gasteiger partial charge in [0.05, 0.1) is 32.4 Å². The number of amides is 3. The monoisotopic (exact) mass is 458 g/mol. The Morgan fingerprint density at radius 2 is 1.43 bits per heavy atom. The standard InChI is InChI=1S/C22H13Cl3N2O3/c1-11-15(23)6-4-7-18(11)26-20(28)12-5-2-3-8-19(12)27-21(29)13-9-16(24)17(25)10-14(13)22(27)30/h2-10H,1H3,(H,26,28). The van der Waals surface area contributed by atoms with Crippen LogP contribution in [0.5, 0.6) is 0 Å². The van der Waals surface area contributed by atoms with Crippen molar-refractivity contribution in [3.63, 3.8) is 0 Å². The molecule has 0 aromatic heterocycles. The molecule has 0 unspecified atom stereocenters. The first-order chi connectivity index (χ1) is 14.3. The van der Waals surface area contributed by atoms with E-state index in [1.54, 1.807) is 37.3 Å². The highest BCUT2D eigenvalue weighted by molar-refractivity contribution is 6.44. The van der Waals surface area contributed by atoms with Gasteiger partial charge in [-0.25, -0.2) is 4.90 Å². The average Bonchev–Trinajstić information content (AvgIpc) is 2.95. The number of rotatable bonds is 3. The Balaban J connectivity index is 1.74. The molecule has 0 bridgehead atoms. The molecule has 0 radical (unpaired) electrons. The number of carbonyl (C=O) groups is 3. The number of nitrogens with one attached hydrogen (secondary N) is 1. The summed E-state index contributed by atoms with van der Waals surface area (Å²) in [5.74, 6) is -1.64. The van der Waals surface area contributed by atoms with Crippen molar-refractivity contribution in [2.45, 2.75) is 6.92 Å². The minimum Gasteiger partial charge on any atom is -0.322 e. The number of hydrogen-bond acceptors (Lipinski definition) is 3. The van der Waals surface area contributed by atoms with Gasteiger partial charge in [-0.15, -0.1) is 0 Å². The largest absolute Gasteiger partial charge is 0.322 e. The van der Waals surface area contributed by atoms with Crippen LogP contribution in [0.4, 0.5) is 11.4 Å². The third-order valence-electron chi connectivity index (χ3n) is 4.83. The minimum absolute atomic E-state index is 0.135. The Morgan fingerprint density at radius 1 is 0.833 bits per heavy atom. The number of carbonyl (C=O) groups excluding carboxylic acids is 3. The predicted molar refractivity (Wildman–Crippen MR) is 118 cm³/mol. The van der Waals surface area contributed by atoms with E-state index in [-0.39, 0.29) is 32.4 Å². The molecule has 150 valence electrons. The number of imide groups is 1. The van der Waals surface area contributed by atoms with E-state index in [0.717, 1.165) is 4.90 Å². The smallest absolute Gasteiger partial charge is 0.266 e. The van der Waals surface area contributed by atoms with Crippen molar-refractivity contribution in [1.29, 1.82) is 0 Å². The van der Waals surface area contributed by atoms with Gasteiger partial charge in [0, 0.05) is 10.7 Å². The molecule has 3 aromatic carbocycles. The highest BCUT2D eigenvalue weighted by Crippen LogP contribution is 2.35. The summed E-state index contributed by atoms with van der Waals surface area (Å²) in [6.07, 6.45) is 0. The normalized spacial score (nSPS) is 12.9. The number of halogens is 3. The van der Waals surface area contributed by atoms with Gasteiger partial charge in [0.25, 0.3) is 17.7 Å². The molecular weight excluding hydrogens is 447 g/mol. The van der Waals surface area contributed by atoms with Gasteiger partial charge >= 0.3 is 0 Å². The molecule has 5 nitrogen and oxygen atoms in total. The summed E-state index contributed by atoms with van der Waals surface area (Å²) < 4.78 is 0. The Kier molecular flexibility index (Phi) is 5.28. The Bertz CT molecular complexity index is 1200. The van der Waals surface area contributed by atoms with Crippen molar-refractivity contribution in [2.24, 2.45) is 0 Å². The summed E-state index contributed by atoms with van der Waals surface area (Å²) in [5, 5.41) is 3.63.